The summed E-state index contributed by atoms with van der Waals surface area (Å²) in [7, 11) is 0. The van der Waals surface area contributed by atoms with Crippen LogP contribution in [0.3, 0.4) is 0 Å². The van der Waals surface area contributed by atoms with Gasteiger partial charge in [0, 0.05) is 6.04 Å². The Morgan fingerprint density at radius 3 is 2.22 bits per heavy atom. The molecule has 4 aliphatic rings. The molecule has 0 heterocycles. The van der Waals surface area contributed by atoms with Crippen LogP contribution in [0.15, 0.2) is 0 Å². The Labute approximate surface area is 112 Å². The van der Waals surface area contributed by atoms with Gasteiger partial charge in [0.25, 0.3) is 0 Å². The molecule has 18 heavy (non-hydrogen) atoms. The van der Waals surface area contributed by atoms with Crippen LogP contribution in [0.2, 0.25) is 0 Å². The summed E-state index contributed by atoms with van der Waals surface area (Å²) in [5.74, 6) is 6.74. The molecule has 0 aromatic rings. The van der Waals surface area contributed by atoms with Crippen molar-refractivity contribution in [3.63, 3.8) is 0 Å². The Hall–Kier alpha value is -0.0400. The van der Waals surface area contributed by atoms with Gasteiger partial charge < -0.3 is 5.32 Å². The van der Waals surface area contributed by atoms with E-state index in [0.29, 0.717) is 0 Å². The van der Waals surface area contributed by atoms with Crippen molar-refractivity contribution in [3.05, 3.63) is 0 Å². The van der Waals surface area contributed by atoms with Crippen molar-refractivity contribution < 1.29 is 0 Å². The Morgan fingerprint density at radius 1 is 0.944 bits per heavy atom. The van der Waals surface area contributed by atoms with E-state index in [-0.39, 0.29) is 0 Å². The van der Waals surface area contributed by atoms with Gasteiger partial charge in [-0.15, -0.1) is 0 Å². The van der Waals surface area contributed by atoms with Crippen molar-refractivity contribution in [1.29, 1.82) is 0 Å². The van der Waals surface area contributed by atoms with E-state index in [0.717, 1.165) is 41.5 Å². The lowest BCUT2D eigenvalue weighted by Gasteiger charge is -2.32. The van der Waals surface area contributed by atoms with E-state index in [2.05, 4.69) is 12.2 Å². The minimum atomic E-state index is 0.897. The van der Waals surface area contributed by atoms with Gasteiger partial charge in [0.1, 0.15) is 0 Å². The van der Waals surface area contributed by atoms with Crippen LogP contribution in [-0.2, 0) is 0 Å². The van der Waals surface area contributed by atoms with Gasteiger partial charge >= 0.3 is 0 Å². The summed E-state index contributed by atoms with van der Waals surface area (Å²) in [6.45, 7) is 3.50. The monoisotopic (exact) mass is 247 g/mol. The third-order valence-electron chi connectivity index (χ3n) is 6.81. The first-order chi connectivity index (χ1) is 8.90. The maximum atomic E-state index is 3.91. The maximum Gasteiger partial charge on any atom is 0.0129 e. The first-order valence-electron chi connectivity index (χ1n) is 8.63. The second-order valence-electron chi connectivity index (χ2n) is 7.55. The van der Waals surface area contributed by atoms with Crippen LogP contribution in [-0.4, -0.2) is 12.6 Å². The highest BCUT2D eigenvalue weighted by atomic mass is 15.0. The molecular formula is C17H29N. The van der Waals surface area contributed by atoms with Crippen LogP contribution >= 0.6 is 0 Å². The minimum absolute atomic E-state index is 0.897. The molecule has 0 radical (unpaired) electrons. The first-order valence-corrected chi connectivity index (χ1v) is 8.63. The normalized spacial score (nSPS) is 48.2. The molecule has 4 saturated carbocycles. The van der Waals surface area contributed by atoms with Crippen molar-refractivity contribution in [1.82, 2.24) is 5.32 Å². The predicted octanol–water partition coefficient (Wildman–Crippen LogP) is 3.84. The van der Waals surface area contributed by atoms with Crippen molar-refractivity contribution in [3.8, 4) is 0 Å². The fraction of sp³-hybridized carbons (Fsp3) is 1.00. The van der Waals surface area contributed by atoms with Crippen molar-refractivity contribution >= 4 is 0 Å². The van der Waals surface area contributed by atoms with Gasteiger partial charge in [-0.1, -0.05) is 26.2 Å². The number of fused-ring (bicyclic) bond motifs is 5. The molecule has 5 unspecified atom stereocenters. The average Bonchev–Trinajstić information content (AvgIpc) is 2.83. The van der Waals surface area contributed by atoms with Gasteiger partial charge in [-0.3, -0.25) is 0 Å². The first kappa shape index (κ1) is 11.8. The van der Waals surface area contributed by atoms with Crippen LogP contribution in [0.5, 0.6) is 0 Å². The van der Waals surface area contributed by atoms with E-state index in [1.54, 1.807) is 19.3 Å². The van der Waals surface area contributed by atoms with E-state index in [4.69, 9.17) is 0 Å². The largest absolute Gasteiger partial charge is 0.314 e. The van der Waals surface area contributed by atoms with Gasteiger partial charge in [-0.25, -0.2) is 0 Å². The minimum Gasteiger partial charge on any atom is -0.314 e. The van der Waals surface area contributed by atoms with E-state index in [1.165, 1.54) is 38.6 Å². The Bertz CT molecular complexity index is 291. The number of hydrogen-bond acceptors (Lipinski definition) is 1. The molecule has 0 aliphatic heterocycles. The Balaban J connectivity index is 1.47. The van der Waals surface area contributed by atoms with Gasteiger partial charge in [0.15, 0.2) is 0 Å². The number of rotatable bonds is 4. The van der Waals surface area contributed by atoms with Gasteiger partial charge in [-0.05, 0) is 74.2 Å². The standard InChI is InChI=1S/C17H29N/c1-2-18-17(11-6-4-3-5-7-11)16-14-12-8-9-13(10-12)15(14)16/h11-18H,2-10H2,1H3. The zero-order valence-electron chi connectivity index (χ0n) is 11.9. The molecule has 0 aromatic heterocycles. The highest BCUT2D eigenvalue weighted by Crippen LogP contribution is 2.71. The van der Waals surface area contributed by atoms with Gasteiger partial charge in [0.2, 0.25) is 0 Å². The summed E-state index contributed by atoms with van der Waals surface area (Å²) in [6.07, 6.45) is 12.3. The SMILES string of the molecule is CCNC(C1CCCCC1)C1C2C3CCC(C3)C21. The lowest BCUT2D eigenvalue weighted by Crippen LogP contribution is -2.40. The fourth-order valence-corrected chi connectivity index (χ4v) is 6.22. The molecule has 1 nitrogen and oxygen atoms in total. The van der Waals surface area contributed by atoms with Crippen molar-refractivity contribution in [2.75, 3.05) is 6.54 Å². The summed E-state index contributed by atoms with van der Waals surface area (Å²) in [5, 5.41) is 3.91. The quantitative estimate of drug-likeness (QED) is 0.796. The zero-order valence-corrected chi connectivity index (χ0v) is 11.9. The van der Waals surface area contributed by atoms with Gasteiger partial charge in [0.05, 0.1) is 0 Å². The maximum absolute atomic E-state index is 3.91. The van der Waals surface area contributed by atoms with E-state index < -0.39 is 0 Å². The molecule has 4 aliphatic carbocycles. The zero-order chi connectivity index (χ0) is 12.1. The molecule has 0 aromatic carbocycles. The molecule has 4 rings (SSSR count). The van der Waals surface area contributed by atoms with Crippen LogP contribution in [0, 0.1) is 35.5 Å². The van der Waals surface area contributed by atoms with Gasteiger partial charge in [-0.2, -0.15) is 0 Å². The fourth-order valence-electron chi connectivity index (χ4n) is 6.22. The average molecular weight is 247 g/mol. The molecule has 2 bridgehead atoms. The molecule has 1 N–H and O–H groups in total. The summed E-state index contributed by atoms with van der Waals surface area (Å²) in [5.41, 5.74) is 0. The molecular weight excluding hydrogens is 218 g/mol. The third-order valence-corrected chi connectivity index (χ3v) is 6.81. The van der Waals surface area contributed by atoms with Crippen LogP contribution in [0.1, 0.15) is 58.3 Å². The molecule has 0 saturated heterocycles. The molecule has 4 fully saturated rings. The lowest BCUT2D eigenvalue weighted by molar-refractivity contribution is 0.224. The molecule has 102 valence electrons. The van der Waals surface area contributed by atoms with E-state index in [1.807, 2.05) is 0 Å². The summed E-state index contributed by atoms with van der Waals surface area (Å²) in [6, 6.07) is 0.897. The summed E-state index contributed by atoms with van der Waals surface area (Å²) in [4.78, 5) is 0. The van der Waals surface area contributed by atoms with Crippen LogP contribution < -0.4 is 5.32 Å². The predicted molar refractivity (Wildman–Crippen MR) is 75.3 cm³/mol. The highest BCUT2D eigenvalue weighted by Gasteiger charge is 2.67. The number of nitrogens with one attached hydrogen (secondary N) is 1. The second-order valence-corrected chi connectivity index (χ2v) is 7.55. The highest BCUT2D eigenvalue weighted by molar-refractivity contribution is 5.16. The topological polar surface area (TPSA) is 12.0 Å². The van der Waals surface area contributed by atoms with E-state index >= 15 is 0 Å². The van der Waals surface area contributed by atoms with Crippen LogP contribution in [0.4, 0.5) is 0 Å². The summed E-state index contributed by atoms with van der Waals surface area (Å²) >= 11 is 0. The van der Waals surface area contributed by atoms with Crippen molar-refractivity contribution in [2.24, 2.45) is 35.5 Å². The van der Waals surface area contributed by atoms with E-state index in [9.17, 15) is 0 Å². The third kappa shape index (κ3) is 1.69. The van der Waals surface area contributed by atoms with Crippen molar-refractivity contribution in [2.45, 2.75) is 64.3 Å². The smallest absolute Gasteiger partial charge is 0.0129 e. The molecule has 0 amide bonds. The van der Waals surface area contributed by atoms with Crippen LogP contribution in [0.25, 0.3) is 0 Å². The summed E-state index contributed by atoms with van der Waals surface area (Å²) < 4.78 is 0. The molecule has 1 heteroatoms. The Morgan fingerprint density at radius 2 is 1.61 bits per heavy atom. The molecule has 5 atom stereocenters. The second kappa shape index (κ2) is 4.51. The number of hydrogen-bond donors (Lipinski definition) is 1. The Kier molecular flexibility index (Phi) is 2.94. The molecule has 0 spiro atoms. The lowest BCUT2D eigenvalue weighted by atomic mass is 9.79.